The Morgan fingerprint density at radius 1 is 1.47 bits per heavy atom. The van der Waals surface area contributed by atoms with Gasteiger partial charge >= 0.3 is 0 Å². The number of halogens is 1. The standard InChI is InChI=1S/C15H23ClN2O/c1-3-18-8-4-5-14(18)10-17(2)15-7-6-13(16)9-12(15)11-19/h6-7,9,14,19H,3-5,8,10-11H2,1-2H3. The zero-order chi connectivity index (χ0) is 13.8. The van der Waals surface area contributed by atoms with Crippen LogP contribution in [-0.2, 0) is 6.61 Å². The SMILES string of the molecule is CCN1CCCC1CN(C)c1ccc(Cl)cc1CO. The van der Waals surface area contributed by atoms with Gasteiger partial charge in [0.05, 0.1) is 6.61 Å². The average molecular weight is 283 g/mol. The minimum atomic E-state index is 0.0302. The van der Waals surface area contributed by atoms with Gasteiger partial charge in [0.25, 0.3) is 0 Å². The Bertz CT molecular complexity index is 425. The van der Waals surface area contributed by atoms with E-state index in [9.17, 15) is 5.11 Å². The third kappa shape index (κ3) is 3.41. The van der Waals surface area contributed by atoms with E-state index in [4.69, 9.17) is 11.6 Å². The van der Waals surface area contributed by atoms with Gasteiger partial charge in [-0.15, -0.1) is 0 Å². The normalized spacial score (nSPS) is 19.9. The van der Waals surface area contributed by atoms with Gasteiger partial charge < -0.3 is 10.0 Å². The van der Waals surface area contributed by atoms with Crippen molar-refractivity contribution >= 4 is 17.3 Å². The van der Waals surface area contributed by atoms with E-state index in [1.54, 1.807) is 0 Å². The van der Waals surface area contributed by atoms with Crippen molar-refractivity contribution in [3.63, 3.8) is 0 Å². The van der Waals surface area contributed by atoms with Crippen molar-refractivity contribution in [1.82, 2.24) is 4.90 Å². The highest BCUT2D eigenvalue weighted by molar-refractivity contribution is 6.30. The molecule has 0 saturated carbocycles. The topological polar surface area (TPSA) is 26.7 Å². The second-order valence-corrected chi connectivity index (χ2v) is 5.67. The Balaban J connectivity index is 2.09. The molecule has 1 aromatic rings. The Kier molecular flexibility index (Phi) is 5.08. The third-order valence-electron chi connectivity index (χ3n) is 4.01. The number of hydrogen-bond acceptors (Lipinski definition) is 3. The fraction of sp³-hybridized carbons (Fsp3) is 0.600. The summed E-state index contributed by atoms with van der Waals surface area (Å²) < 4.78 is 0. The van der Waals surface area contributed by atoms with Gasteiger partial charge in [0.15, 0.2) is 0 Å². The molecule has 0 aromatic heterocycles. The van der Waals surface area contributed by atoms with Crippen molar-refractivity contribution in [1.29, 1.82) is 0 Å². The second-order valence-electron chi connectivity index (χ2n) is 5.24. The van der Waals surface area contributed by atoms with Crippen LogP contribution >= 0.6 is 11.6 Å². The van der Waals surface area contributed by atoms with Crippen molar-refractivity contribution in [3.8, 4) is 0 Å². The van der Waals surface area contributed by atoms with E-state index in [-0.39, 0.29) is 6.61 Å². The number of hydrogen-bond donors (Lipinski definition) is 1. The molecule has 2 rings (SSSR count). The average Bonchev–Trinajstić information content (AvgIpc) is 2.85. The first-order chi connectivity index (χ1) is 9.15. The van der Waals surface area contributed by atoms with Gasteiger partial charge in [-0.3, -0.25) is 4.90 Å². The van der Waals surface area contributed by atoms with E-state index in [0.717, 1.165) is 24.3 Å². The molecule has 1 atom stereocenters. The van der Waals surface area contributed by atoms with Crippen LogP contribution in [0.5, 0.6) is 0 Å². The molecule has 1 unspecified atom stereocenters. The number of aliphatic hydroxyl groups is 1. The molecule has 106 valence electrons. The van der Waals surface area contributed by atoms with Gasteiger partial charge in [0.1, 0.15) is 0 Å². The minimum Gasteiger partial charge on any atom is -0.392 e. The molecule has 1 aliphatic rings. The lowest BCUT2D eigenvalue weighted by Crippen LogP contribution is -2.39. The number of rotatable bonds is 5. The van der Waals surface area contributed by atoms with Crippen LogP contribution in [-0.4, -0.2) is 42.7 Å². The largest absolute Gasteiger partial charge is 0.392 e. The fourth-order valence-corrected chi connectivity index (χ4v) is 3.18. The first kappa shape index (κ1) is 14.6. The molecule has 0 radical (unpaired) electrons. The van der Waals surface area contributed by atoms with Crippen LogP contribution in [0.1, 0.15) is 25.3 Å². The lowest BCUT2D eigenvalue weighted by atomic mass is 10.1. The highest BCUT2D eigenvalue weighted by Crippen LogP contribution is 2.26. The summed E-state index contributed by atoms with van der Waals surface area (Å²) in [7, 11) is 2.09. The Morgan fingerprint density at radius 2 is 2.26 bits per heavy atom. The molecule has 1 heterocycles. The predicted octanol–water partition coefficient (Wildman–Crippen LogP) is 2.75. The van der Waals surface area contributed by atoms with Gasteiger partial charge in [-0.2, -0.15) is 0 Å². The summed E-state index contributed by atoms with van der Waals surface area (Å²) in [4.78, 5) is 4.77. The van der Waals surface area contributed by atoms with Crippen LogP contribution < -0.4 is 4.90 Å². The van der Waals surface area contributed by atoms with Crippen molar-refractivity contribution in [2.24, 2.45) is 0 Å². The molecular weight excluding hydrogens is 260 g/mol. The summed E-state index contributed by atoms with van der Waals surface area (Å²) >= 11 is 5.98. The van der Waals surface area contributed by atoms with E-state index in [0.29, 0.717) is 11.1 Å². The van der Waals surface area contributed by atoms with Gasteiger partial charge in [-0.1, -0.05) is 18.5 Å². The number of benzene rings is 1. The van der Waals surface area contributed by atoms with Gasteiger partial charge in [0.2, 0.25) is 0 Å². The third-order valence-corrected chi connectivity index (χ3v) is 4.25. The van der Waals surface area contributed by atoms with Crippen LogP contribution in [0.25, 0.3) is 0 Å². The molecular formula is C15H23ClN2O. The van der Waals surface area contributed by atoms with E-state index >= 15 is 0 Å². The number of aliphatic hydroxyl groups excluding tert-OH is 1. The molecule has 0 aliphatic carbocycles. The summed E-state index contributed by atoms with van der Waals surface area (Å²) in [6, 6.07) is 6.36. The van der Waals surface area contributed by atoms with Crippen molar-refractivity contribution in [2.45, 2.75) is 32.4 Å². The first-order valence-corrected chi connectivity index (χ1v) is 7.38. The molecule has 1 fully saturated rings. The quantitative estimate of drug-likeness (QED) is 0.900. The Morgan fingerprint density at radius 3 is 2.95 bits per heavy atom. The van der Waals surface area contributed by atoms with E-state index in [1.165, 1.54) is 19.4 Å². The maximum atomic E-state index is 9.46. The number of anilines is 1. The first-order valence-electron chi connectivity index (χ1n) is 7.00. The minimum absolute atomic E-state index is 0.0302. The molecule has 0 amide bonds. The van der Waals surface area contributed by atoms with Crippen LogP contribution in [0.2, 0.25) is 5.02 Å². The molecule has 4 heteroatoms. The summed E-state index contributed by atoms with van der Waals surface area (Å²) in [6.45, 7) is 5.58. The van der Waals surface area contributed by atoms with Crippen LogP contribution in [0, 0.1) is 0 Å². The zero-order valence-corrected chi connectivity index (χ0v) is 12.5. The number of likely N-dealkylation sites (tertiary alicyclic amines) is 1. The monoisotopic (exact) mass is 282 g/mol. The Labute approximate surface area is 120 Å². The van der Waals surface area contributed by atoms with E-state index in [1.807, 2.05) is 18.2 Å². The van der Waals surface area contributed by atoms with E-state index in [2.05, 4.69) is 23.8 Å². The van der Waals surface area contributed by atoms with Gasteiger partial charge in [-0.05, 0) is 44.1 Å². The molecule has 1 N–H and O–H groups in total. The molecule has 1 aromatic carbocycles. The smallest absolute Gasteiger partial charge is 0.0702 e. The molecule has 19 heavy (non-hydrogen) atoms. The van der Waals surface area contributed by atoms with Crippen molar-refractivity contribution in [3.05, 3.63) is 28.8 Å². The number of likely N-dealkylation sites (N-methyl/N-ethyl adjacent to an activating group) is 2. The highest BCUT2D eigenvalue weighted by atomic mass is 35.5. The van der Waals surface area contributed by atoms with Crippen LogP contribution in [0.3, 0.4) is 0 Å². The van der Waals surface area contributed by atoms with Crippen LogP contribution in [0.4, 0.5) is 5.69 Å². The predicted molar refractivity (Wildman–Crippen MR) is 80.9 cm³/mol. The molecule has 0 bridgehead atoms. The second kappa shape index (κ2) is 6.60. The molecule has 1 saturated heterocycles. The van der Waals surface area contributed by atoms with Crippen LogP contribution in [0.15, 0.2) is 18.2 Å². The van der Waals surface area contributed by atoms with Gasteiger partial charge in [-0.25, -0.2) is 0 Å². The molecule has 3 nitrogen and oxygen atoms in total. The summed E-state index contributed by atoms with van der Waals surface area (Å²) in [5.41, 5.74) is 1.98. The summed E-state index contributed by atoms with van der Waals surface area (Å²) in [6.07, 6.45) is 2.56. The zero-order valence-electron chi connectivity index (χ0n) is 11.8. The Hall–Kier alpha value is -0.770. The highest BCUT2D eigenvalue weighted by Gasteiger charge is 2.24. The summed E-state index contributed by atoms with van der Waals surface area (Å²) in [5, 5.41) is 10.1. The maximum Gasteiger partial charge on any atom is 0.0702 e. The van der Waals surface area contributed by atoms with E-state index < -0.39 is 0 Å². The molecule has 0 spiro atoms. The van der Waals surface area contributed by atoms with Crippen molar-refractivity contribution in [2.75, 3.05) is 31.6 Å². The number of nitrogens with zero attached hydrogens (tertiary/aromatic N) is 2. The molecule has 1 aliphatic heterocycles. The summed E-state index contributed by atoms with van der Waals surface area (Å²) in [5.74, 6) is 0. The van der Waals surface area contributed by atoms with Gasteiger partial charge in [0, 0.05) is 35.9 Å². The lowest BCUT2D eigenvalue weighted by Gasteiger charge is -2.30. The van der Waals surface area contributed by atoms with Crippen molar-refractivity contribution < 1.29 is 5.11 Å². The lowest BCUT2D eigenvalue weighted by molar-refractivity contribution is 0.269. The maximum absolute atomic E-state index is 9.46. The fourth-order valence-electron chi connectivity index (χ4n) is 2.99.